The van der Waals surface area contributed by atoms with E-state index in [2.05, 4.69) is 15.9 Å². The molecule has 0 bridgehead atoms. The largest absolute Gasteiger partial charge is 0.507 e. The van der Waals surface area contributed by atoms with Crippen molar-refractivity contribution >= 4 is 27.9 Å². The molecule has 0 saturated carbocycles. The van der Waals surface area contributed by atoms with E-state index >= 15 is 0 Å². The lowest BCUT2D eigenvalue weighted by molar-refractivity contribution is -0.113. The Morgan fingerprint density at radius 1 is 1.57 bits per heavy atom. The molecule has 0 aliphatic rings. The van der Waals surface area contributed by atoms with Crippen LogP contribution < -0.4 is 5.73 Å². The maximum absolute atomic E-state index is 12.8. The molecule has 5 heteroatoms. The van der Waals surface area contributed by atoms with Gasteiger partial charge < -0.3 is 10.8 Å². The summed E-state index contributed by atoms with van der Waals surface area (Å²) >= 11 is 2.95. The zero-order valence-corrected chi connectivity index (χ0v) is 8.58. The molecule has 1 aromatic rings. The molecule has 1 amide bonds. The second-order valence-electron chi connectivity index (χ2n) is 2.56. The van der Waals surface area contributed by atoms with Crippen LogP contribution in [0.25, 0.3) is 6.08 Å². The smallest absolute Gasteiger partial charge is 0.241 e. The molecule has 3 nitrogen and oxygen atoms in total. The van der Waals surface area contributed by atoms with Crippen LogP contribution >= 0.6 is 15.9 Å². The molecule has 1 aromatic carbocycles. The fourth-order valence-corrected chi connectivity index (χ4v) is 1.22. The minimum absolute atomic E-state index is 0.208. The van der Waals surface area contributed by atoms with Gasteiger partial charge in [-0.05, 0) is 28.1 Å². The average molecular weight is 260 g/mol. The Labute approximate surface area is 88.2 Å². The number of amides is 1. The molecule has 0 aliphatic heterocycles. The molecular formula is C9H7BrFNO2. The van der Waals surface area contributed by atoms with Crippen molar-refractivity contribution in [2.24, 2.45) is 5.73 Å². The summed E-state index contributed by atoms with van der Waals surface area (Å²) in [6, 6.07) is 2.30. The summed E-state index contributed by atoms with van der Waals surface area (Å²) in [6.07, 6.45) is 2.39. The van der Waals surface area contributed by atoms with Crippen molar-refractivity contribution in [2.75, 3.05) is 0 Å². The summed E-state index contributed by atoms with van der Waals surface area (Å²) in [5.74, 6) is -1.45. The molecule has 0 aromatic heterocycles. The minimum atomic E-state index is -0.634. The Morgan fingerprint density at radius 3 is 2.79 bits per heavy atom. The summed E-state index contributed by atoms with van der Waals surface area (Å²) in [5, 5.41) is 9.26. The predicted octanol–water partition coefficient (Wildman–Crippen LogP) is 1.79. The third-order valence-corrected chi connectivity index (χ3v) is 2.10. The number of phenols is 1. The highest BCUT2D eigenvalue weighted by molar-refractivity contribution is 9.10. The Bertz CT molecular complexity index is 404. The van der Waals surface area contributed by atoms with E-state index in [0.717, 1.165) is 12.1 Å². The number of hydrogen-bond acceptors (Lipinski definition) is 2. The summed E-state index contributed by atoms with van der Waals surface area (Å²) in [4.78, 5) is 10.4. The topological polar surface area (TPSA) is 63.3 Å². The van der Waals surface area contributed by atoms with E-state index in [9.17, 15) is 14.3 Å². The van der Waals surface area contributed by atoms with Gasteiger partial charge in [0.15, 0.2) is 0 Å². The van der Waals surface area contributed by atoms with Crippen LogP contribution in [0.2, 0.25) is 0 Å². The van der Waals surface area contributed by atoms with Gasteiger partial charge in [-0.25, -0.2) is 4.39 Å². The van der Waals surface area contributed by atoms with E-state index in [1.54, 1.807) is 0 Å². The predicted molar refractivity (Wildman–Crippen MR) is 54.0 cm³/mol. The van der Waals surface area contributed by atoms with Crippen molar-refractivity contribution in [1.82, 2.24) is 0 Å². The Hall–Kier alpha value is -1.36. The number of phenolic OH excluding ortho intramolecular Hbond substituents is 1. The first-order chi connectivity index (χ1) is 6.50. The molecule has 3 N–H and O–H groups in total. The summed E-state index contributed by atoms with van der Waals surface area (Å²) in [7, 11) is 0. The Morgan fingerprint density at radius 2 is 2.21 bits per heavy atom. The number of carbonyl (C=O) groups excluding carboxylic acids is 1. The number of primary amides is 1. The first-order valence-electron chi connectivity index (χ1n) is 3.66. The fourth-order valence-electron chi connectivity index (χ4n) is 0.857. The molecule has 0 radical (unpaired) electrons. The highest BCUT2D eigenvalue weighted by atomic mass is 79.9. The fraction of sp³-hybridized carbons (Fsp3) is 0. The molecular weight excluding hydrogens is 253 g/mol. The molecule has 74 valence electrons. The average Bonchev–Trinajstić information content (AvgIpc) is 2.09. The second-order valence-corrected chi connectivity index (χ2v) is 3.42. The van der Waals surface area contributed by atoms with Crippen LogP contribution in [0.5, 0.6) is 5.75 Å². The van der Waals surface area contributed by atoms with Crippen LogP contribution in [-0.2, 0) is 4.79 Å². The number of nitrogens with two attached hydrogens (primary N) is 1. The van der Waals surface area contributed by atoms with Gasteiger partial charge in [0.05, 0.1) is 4.47 Å². The lowest BCUT2D eigenvalue weighted by Gasteiger charge is -2.00. The maximum atomic E-state index is 12.8. The van der Waals surface area contributed by atoms with Gasteiger partial charge in [-0.2, -0.15) is 0 Å². The number of halogens is 2. The number of hydrogen-bond donors (Lipinski definition) is 2. The molecule has 0 saturated heterocycles. The number of carbonyl (C=O) groups is 1. The van der Waals surface area contributed by atoms with Crippen molar-refractivity contribution in [3.8, 4) is 5.75 Å². The molecule has 0 aliphatic carbocycles. The van der Waals surface area contributed by atoms with Gasteiger partial charge in [-0.15, -0.1) is 0 Å². The van der Waals surface area contributed by atoms with Gasteiger partial charge in [-0.1, -0.05) is 0 Å². The molecule has 0 heterocycles. The lowest BCUT2D eigenvalue weighted by Crippen LogP contribution is -2.05. The first-order valence-corrected chi connectivity index (χ1v) is 4.45. The van der Waals surface area contributed by atoms with Gasteiger partial charge in [0.2, 0.25) is 5.91 Å². The maximum Gasteiger partial charge on any atom is 0.241 e. The highest BCUT2D eigenvalue weighted by Gasteiger charge is 2.04. The third kappa shape index (κ3) is 2.56. The van der Waals surface area contributed by atoms with Gasteiger partial charge in [-0.3, -0.25) is 4.79 Å². The standard InChI is InChI=1S/C9H7BrFNO2/c10-6-3-5(1-2-9(12)14)8(13)4-7(6)11/h1-4,13H,(H2,12,14)/b2-1+. The van der Waals surface area contributed by atoms with Crippen molar-refractivity contribution < 1.29 is 14.3 Å². The molecule has 0 unspecified atom stereocenters. The number of rotatable bonds is 2. The van der Waals surface area contributed by atoms with E-state index in [0.29, 0.717) is 5.56 Å². The quantitative estimate of drug-likeness (QED) is 0.796. The molecule has 14 heavy (non-hydrogen) atoms. The van der Waals surface area contributed by atoms with Crippen LogP contribution in [0.4, 0.5) is 4.39 Å². The molecule has 0 fully saturated rings. The second kappa shape index (κ2) is 4.23. The van der Waals surface area contributed by atoms with Crippen LogP contribution in [0, 0.1) is 5.82 Å². The zero-order valence-electron chi connectivity index (χ0n) is 7.00. The Kier molecular flexibility index (Phi) is 3.24. The van der Waals surface area contributed by atoms with Crippen molar-refractivity contribution in [2.45, 2.75) is 0 Å². The number of aromatic hydroxyl groups is 1. The van der Waals surface area contributed by atoms with Crippen LogP contribution in [-0.4, -0.2) is 11.0 Å². The van der Waals surface area contributed by atoms with Gasteiger partial charge in [0, 0.05) is 17.7 Å². The van der Waals surface area contributed by atoms with Gasteiger partial charge in [0.1, 0.15) is 11.6 Å². The van der Waals surface area contributed by atoms with Crippen molar-refractivity contribution in [3.63, 3.8) is 0 Å². The van der Waals surface area contributed by atoms with Crippen LogP contribution in [0.15, 0.2) is 22.7 Å². The lowest BCUT2D eigenvalue weighted by atomic mass is 10.2. The van der Waals surface area contributed by atoms with Crippen molar-refractivity contribution in [1.29, 1.82) is 0 Å². The Balaban J connectivity index is 3.10. The van der Waals surface area contributed by atoms with E-state index in [-0.39, 0.29) is 10.2 Å². The first kappa shape index (κ1) is 10.7. The summed E-state index contributed by atoms with van der Waals surface area (Å²) in [6.45, 7) is 0. The minimum Gasteiger partial charge on any atom is -0.507 e. The highest BCUT2D eigenvalue weighted by Crippen LogP contribution is 2.26. The molecule has 0 spiro atoms. The summed E-state index contributed by atoms with van der Waals surface area (Å²) < 4.78 is 13.0. The van der Waals surface area contributed by atoms with Crippen LogP contribution in [0.1, 0.15) is 5.56 Å². The van der Waals surface area contributed by atoms with E-state index < -0.39 is 11.7 Å². The zero-order chi connectivity index (χ0) is 10.7. The van der Waals surface area contributed by atoms with Crippen molar-refractivity contribution in [3.05, 3.63) is 34.1 Å². The van der Waals surface area contributed by atoms with E-state index in [1.165, 1.54) is 12.1 Å². The monoisotopic (exact) mass is 259 g/mol. The molecule has 1 rings (SSSR count). The van der Waals surface area contributed by atoms with Crippen LogP contribution in [0.3, 0.4) is 0 Å². The van der Waals surface area contributed by atoms with Gasteiger partial charge >= 0.3 is 0 Å². The normalized spacial score (nSPS) is 10.7. The van der Waals surface area contributed by atoms with E-state index in [4.69, 9.17) is 5.73 Å². The number of benzene rings is 1. The summed E-state index contributed by atoms with van der Waals surface area (Å²) in [5.41, 5.74) is 5.18. The van der Waals surface area contributed by atoms with E-state index in [1.807, 2.05) is 0 Å². The SMILES string of the molecule is NC(=O)/C=C/c1cc(Br)c(F)cc1O. The molecule has 0 atom stereocenters. The van der Waals surface area contributed by atoms with Gasteiger partial charge in [0.25, 0.3) is 0 Å². The third-order valence-electron chi connectivity index (χ3n) is 1.50.